The van der Waals surface area contributed by atoms with E-state index in [2.05, 4.69) is 4.90 Å². The molecule has 238 valence electrons. The number of nitrogens with two attached hydrogens (primary N) is 1. The quantitative estimate of drug-likeness (QED) is 0.270. The Balaban J connectivity index is 1.44. The molecule has 12 heteroatoms. The molecule has 6 rings (SSSR count). The summed E-state index contributed by atoms with van der Waals surface area (Å²) < 4.78 is 0. The monoisotopic (exact) mass is 618 g/mol. The van der Waals surface area contributed by atoms with Gasteiger partial charge in [0.2, 0.25) is 5.78 Å². The Morgan fingerprint density at radius 1 is 1.04 bits per heavy atom. The molecule has 12 nitrogen and oxygen atoms in total. The van der Waals surface area contributed by atoms with E-state index in [0.29, 0.717) is 35.3 Å². The van der Waals surface area contributed by atoms with Crippen LogP contribution in [-0.2, 0) is 16.0 Å². The number of aliphatic hydroxyl groups is 4. The number of carbonyl (C=O) groups is 3. The molecule has 1 fully saturated rings. The van der Waals surface area contributed by atoms with E-state index in [-0.39, 0.29) is 35.6 Å². The molecule has 0 bridgehead atoms. The molecule has 45 heavy (non-hydrogen) atoms. The Kier molecular flexibility index (Phi) is 7.51. The number of aliphatic hydroxyl groups excluding tert-OH is 3. The first-order valence-corrected chi connectivity index (χ1v) is 15.0. The maximum atomic E-state index is 13.5. The van der Waals surface area contributed by atoms with E-state index in [0.717, 1.165) is 13.1 Å². The fourth-order valence-corrected chi connectivity index (χ4v) is 7.72. The minimum absolute atomic E-state index is 0.0382. The lowest BCUT2D eigenvalue weighted by Crippen LogP contribution is -2.63. The molecule has 5 atom stereocenters. The van der Waals surface area contributed by atoms with Gasteiger partial charge in [0.1, 0.15) is 28.9 Å². The van der Waals surface area contributed by atoms with Gasteiger partial charge in [-0.05, 0) is 74.8 Å². The van der Waals surface area contributed by atoms with Gasteiger partial charge < -0.3 is 41.1 Å². The topological polar surface area (TPSA) is 188 Å². The molecule has 7 N–H and O–H groups in total. The van der Waals surface area contributed by atoms with Crippen LogP contribution in [0.1, 0.15) is 34.0 Å². The van der Waals surface area contributed by atoms with Gasteiger partial charge in [0.15, 0.2) is 5.60 Å². The molecule has 2 amide bonds. The molecule has 4 aliphatic rings. The molecule has 0 radical (unpaired) electrons. The van der Waals surface area contributed by atoms with E-state index in [4.69, 9.17) is 5.73 Å². The van der Waals surface area contributed by atoms with Gasteiger partial charge in [-0.25, -0.2) is 0 Å². The normalized spacial score (nSPS) is 28.6. The largest absolute Gasteiger partial charge is 0.510 e. The number of fused-ring (bicyclic) bond motifs is 3. The molecule has 0 saturated carbocycles. The Hall–Kier alpha value is -4.23. The summed E-state index contributed by atoms with van der Waals surface area (Å²) in [5.41, 5.74) is 4.54. The van der Waals surface area contributed by atoms with Gasteiger partial charge >= 0.3 is 0 Å². The molecule has 1 heterocycles. The summed E-state index contributed by atoms with van der Waals surface area (Å²) in [6.45, 7) is 2.81. The minimum Gasteiger partial charge on any atom is -0.510 e. The third kappa shape index (κ3) is 4.62. The summed E-state index contributed by atoms with van der Waals surface area (Å²) in [5.74, 6) is -5.90. The second-order valence-corrected chi connectivity index (χ2v) is 12.8. The molecule has 2 aromatic carbocycles. The lowest BCUT2D eigenvalue weighted by molar-refractivity contribution is -0.149. The van der Waals surface area contributed by atoms with Crippen molar-refractivity contribution < 1.29 is 39.9 Å². The number of nitrogens with zero attached hydrogens (tertiary/aromatic N) is 3. The third-order valence-electron chi connectivity index (χ3n) is 10.0. The van der Waals surface area contributed by atoms with E-state index >= 15 is 0 Å². The van der Waals surface area contributed by atoms with E-state index in [1.165, 1.54) is 11.0 Å². The maximum Gasteiger partial charge on any atom is 0.255 e. The molecule has 0 aromatic heterocycles. The second-order valence-electron chi connectivity index (χ2n) is 12.8. The zero-order valence-corrected chi connectivity index (χ0v) is 25.4. The van der Waals surface area contributed by atoms with Crippen LogP contribution in [0.3, 0.4) is 0 Å². The highest BCUT2D eigenvalue weighted by molar-refractivity contribution is 6.24. The number of carbonyl (C=O) groups excluding carboxylic acids is 3. The number of hydrogen-bond donors (Lipinski definition) is 6. The summed E-state index contributed by atoms with van der Waals surface area (Å²) >= 11 is 0. The first kappa shape index (κ1) is 30.8. The number of ketones is 1. The van der Waals surface area contributed by atoms with E-state index in [9.17, 15) is 39.9 Å². The smallest absolute Gasteiger partial charge is 0.255 e. The molecule has 1 saturated heterocycles. The van der Waals surface area contributed by atoms with Gasteiger partial charge in [-0.2, -0.15) is 0 Å². The lowest BCUT2D eigenvalue weighted by atomic mass is 9.58. The van der Waals surface area contributed by atoms with Gasteiger partial charge in [0.25, 0.3) is 11.8 Å². The van der Waals surface area contributed by atoms with E-state index in [1.807, 2.05) is 18.0 Å². The molecule has 3 aliphatic carbocycles. The molecule has 1 unspecified atom stereocenters. The van der Waals surface area contributed by atoms with E-state index in [1.54, 1.807) is 38.4 Å². The summed E-state index contributed by atoms with van der Waals surface area (Å²) in [6, 6.07) is 9.28. The lowest BCUT2D eigenvalue weighted by Gasteiger charge is -2.51. The van der Waals surface area contributed by atoms with Crippen LogP contribution < -0.4 is 5.73 Å². The van der Waals surface area contributed by atoms with Crippen LogP contribution in [0.5, 0.6) is 5.75 Å². The van der Waals surface area contributed by atoms with Crippen molar-refractivity contribution in [1.29, 1.82) is 0 Å². The first-order valence-electron chi connectivity index (χ1n) is 15.0. The molecule has 1 aliphatic heterocycles. The SMILES string of the molecule is CN1CCN(C(=O)c2cccc(-c3ccc(O)c4c3C[C@H]3C[C@H]5[C@@H](N(C)C)C(O)=C(C(N)=O)C(=O)[C@@]5(O)C(O)=C3C4O)c2)CC1. The van der Waals surface area contributed by atoms with Crippen molar-refractivity contribution in [2.45, 2.75) is 30.6 Å². The van der Waals surface area contributed by atoms with Crippen molar-refractivity contribution >= 4 is 17.6 Å². The van der Waals surface area contributed by atoms with Crippen LogP contribution >= 0.6 is 0 Å². The van der Waals surface area contributed by atoms with Crippen molar-refractivity contribution in [2.24, 2.45) is 17.6 Å². The van der Waals surface area contributed by atoms with Crippen LogP contribution in [0.15, 0.2) is 59.1 Å². The van der Waals surface area contributed by atoms with Crippen molar-refractivity contribution in [2.75, 3.05) is 47.3 Å². The highest BCUT2D eigenvalue weighted by Gasteiger charge is 2.63. The zero-order chi connectivity index (χ0) is 32.5. The van der Waals surface area contributed by atoms with Crippen LogP contribution in [0.4, 0.5) is 0 Å². The summed E-state index contributed by atoms with van der Waals surface area (Å²) in [7, 11) is 5.22. The van der Waals surface area contributed by atoms with Gasteiger partial charge in [0.05, 0.1) is 6.04 Å². The van der Waals surface area contributed by atoms with Crippen molar-refractivity contribution in [3.05, 3.63) is 75.8 Å². The van der Waals surface area contributed by atoms with Crippen molar-refractivity contribution in [3.8, 4) is 16.9 Å². The Morgan fingerprint density at radius 2 is 1.73 bits per heavy atom. The number of amides is 2. The number of phenolic OH excluding ortho intramolecular Hbond substituents is 1. The van der Waals surface area contributed by atoms with Gasteiger partial charge in [-0.3, -0.25) is 19.3 Å². The maximum absolute atomic E-state index is 13.5. The predicted molar refractivity (Wildman–Crippen MR) is 163 cm³/mol. The molecular weight excluding hydrogens is 580 g/mol. The van der Waals surface area contributed by atoms with Crippen LogP contribution in [0.25, 0.3) is 11.1 Å². The number of piperazine rings is 1. The number of Topliss-reactive ketones (excluding diaryl/α,β-unsaturated/α-hetero) is 1. The number of aromatic hydroxyl groups is 1. The van der Waals surface area contributed by atoms with Crippen LogP contribution in [0, 0.1) is 11.8 Å². The average molecular weight is 619 g/mol. The summed E-state index contributed by atoms with van der Waals surface area (Å²) in [5, 5.41) is 57.0. The Morgan fingerprint density at radius 3 is 2.38 bits per heavy atom. The number of likely N-dealkylation sites (N-methyl/N-ethyl adjacent to an activating group) is 2. The summed E-state index contributed by atoms with van der Waals surface area (Å²) in [6.07, 6.45) is -1.34. The minimum atomic E-state index is -2.64. The zero-order valence-electron chi connectivity index (χ0n) is 25.4. The molecule has 0 spiro atoms. The van der Waals surface area contributed by atoms with Gasteiger partial charge in [-0.1, -0.05) is 18.2 Å². The Labute approximate surface area is 260 Å². The van der Waals surface area contributed by atoms with Crippen LogP contribution in [-0.4, -0.2) is 117 Å². The van der Waals surface area contributed by atoms with Crippen molar-refractivity contribution in [3.63, 3.8) is 0 Å². The molecule has 2 aromatic rings. The third-order valence-corrected chi connectivity index (χ3v) is 10.0. The number of benzene rings is 2. The first-order chi connectivity index (χ1) is 21.3. The van der Waals surface area contributed by atoms with E-state index < -0.39 is 58.4 Å². The predicted octanol–water partition coefficient (Wildman–Crippen LogP) is 1.03. The highest BCUT2D eigenvalue weighted by Crippen LogP contribution is 2.56. The molecular formula is C33H38N4O8. The number of primary amides is 1. The van der Waals surface area contributed by atoms with Gasteiger partial charge in [-0.15, -0.1) is 0 Å². The standard InChI is InChI=1S/C33H38N4O8/c1-35(2)26-21-15-18-14-20-19(16-5-4-6-17(13-16)32(44)37-11-9-36(3)10-12-37)7-8-22(38)24(20)27(39)23(18)29(41)33(21,45)30(42)25(28(26)40)31(34)43/h4-8,13,18,21,26-27,38-41,45H,9-12,14-15H2,1-3H3,(H2,34,43)/t18-,21-,26+,27?,33-/m0/s1. The fourth-order valence-electron chi connectivity index (χ4n) is 7.72. The Bertz CT molecular complexity index is 1670. The fraction of sp³-hybridized carbons (Fsp3) is 0.424. The van der Waals surface area contributed by atoms with Crippen molar-refractivity contribution in [1.82, 2.24) is 14.7 Å². The van der Waals surface area contributed by atoms with Gasteiger partial charge in [0, 0.05) is 48.8 Å². The average Bonchev–Trinajstić information content (AvgIpc) is 2.99. The number of hydrogen-bond acceptors (Lipinski definition) is 10. The van der Waals surface area contributed by atoms with Crippen LogP contribution in [0.2, 0.25) is 0 Å². The summed E-state index contributed by atoms with van der Waals surface area (Å²) in [4.78, 5) is 44.6. The highest BCUT2D eigenvalue weighted by atomic mass is 16.4. The number of rotatable bonds is 4. The second kappa shape index (κ2) is 11.0. The number of phenols is 1.